The van der Waals surface area contributed by atoms with Crippen molar-refractivity contribution in [2.75, 3.05) is 59.9 Å². The number of Topliss-reactive ketones (excluding diaryl/α,β-unsaturated/α-hetero) is 1. The number of anilines is 1. The van der Waals surface area contributed by atoms with Crippen molar-refractivity contribution in [3.05, 3.63) is 138 Å². The maximum atomic E-state index is 15.0. The van der Waals surface area contributed by atoms with Gasteiger partial charge in [0, 0.05) is 64.8 Å². The number of piperidine rings is 1. The largest absolute Gasteiger partial charge is 0.493 e. The van der Waals surface area contributed by atoms with Gasteiger partial charge in [0.15, 0.2) is 11.5 Å². The number of likely N-dealkylation sites (tertiary alicyclic amines) is 2. The maximum Gasteiger partial charge on any atom is 0.330 e. The lowest BCUT2D eigenvalue weighted by Gasteiger charge is -2.36. The van der Waals surface area contributed by atoms with Gasteiger partial charge in [-0.05, 0) is 131 Å². The molecule has 0 spiro atoms. The average Bonchev–Trinajstić information content (AvgIpc) is 2.00. The van der Waals surface area contributed by atoms with Crippen LogP contribution in [0.3, 0.4) is 0 Å². The number of amides is 7. The summed E-state index contributed by atoms with van der Waals surface area (Å²) in [5.41, 5.74) is 2.37. The van der Waals surface area contributed by atoms with Crippen LogP contribution in [0.2, 0.25) is 0 Å². The van der Waals surface area contributed by atoms with E-state index in [4.69, 9.17) is 18.9 Å². The van der Waals surface area contributed by atoms with Crippen LogP contribution in [-0.4, -0.2) is 157 Å². The fourth-order valence-corrected chi connectivity index (χ4v) is 11.4. The summed E-state index contributed by atoms with van der Waals surface area (Å²) in [5.74, 6) is -5.05. The number of methoxy groups -OCH3 is 2. The minimum atomic E-state index is -1.41. The number of nitrogens with one attached hydrogen (secondary N) is 3. The minimum Gasteiger partial charge on any atom is -0.493 e. The van der Waals surface area contributed by atoms with Gasteiger partial charge in [0.1, 0.15) is 42.9 Å². The summed E-state index contributed by atoms with van der Waals surface area (Å²) < 4.78 is 22.4. The second kappa shape index (κ2) is 33.8. The normalized spacial score (nSPS) is 16.0. The first-order valence-corrected chi connectivity index (χ1v) is 31.4. The van der Waals surface area contributed by atoms with E-state index in [2.05, 4.69) is 22.5 Å². The van der Waals surface area contributed by atoms with Gasteiger partial charge in [0.05, 0.1) is 19.6 Å². The summed E-state index contributed by atoms with van der Waals surface area (Å²) in [6.45, 7) is 14.7. The monoisotopic (exact) mass is 1250 g/mol. The van der Waals surface area contributed by atoms with Gasteiger partial charge in [-0.2, -0.15) is 0 Å². The van der Waals surface area contributed by atoms with E-state index in [0.29, 0.717) is 73.4 Å². The van der Waals surface area contributed by atoms with Crippen LogP contribution in [0.25, 0.3) is 0 Å². The Hall–Kier alpha value is -8.88. The summed E-state index contributed by atoms with van der Waals surface area (Å²) in [6.07, 6.45) is 3.41. The number of carbonyl (C=O) groups excluding carboxylic acids is 10. The SMILES string of the molecule is C=CC(=O)OCC(C)(C)C(=O)C(=O)N1CCCCC1C(=O)O[C@H](CCc1ccc(OC)c(OC)c1)c1cccc(NC(=O)CCC(=O)N[C@H](C(=O)N[C@@H](Cc2ccc(C)cc2)C(=O)N2CCC[C@H]2C(=O)N(C)[C@@H](CC(C)C)C(=O)N(C)CCC)c2ccccc2)c1. The number of likely N-dealkylation sites (N-methyl/N-ethyl adjacent to an activating group) is 2. The van der Waals surface area contributed by atoms with Gasteiger partial charge >= 0.3 is 11.9 Å². The molecule has 2 heterocycles. The first kappa shape index (κ1) is 71.2. The van der Waals surface area contributed by atoms with E-state index in [-0.39, 0.29) is 69.5 Å². The number of hydrogen-bond donors (Lipinski definition) is 3. The number of rotatable bonds is 31. The van der Waals surface area contributed by atoms with Gasteiger partial charge in [-0.15, -0.1) is 0 Å². The summed E-state index contributed by atoms with van der Waals surface area (Å²) in [7, 11) is 6.38. The van der Waals surface area contributed by atoms with Crippen molar-refractivity contribution in [1.29, 1.82) is 0 Å². The van der Waals surface area contributed by atoms with E-state index >= 15 is 0 Å². The van der Waals surface area contributed by atoms with Crippen LogP contribution in [0.4, 0.5) is 5.69 Å². The second-order valence-corrected chi connectivity index (χ2v) is 24.6. The van der Waals surface area contributed by atoms with E-state index in [1.165, 1.54) is 42.8 Å². The molecule has 3 N–H and O–H groups in total. The fourth-order valence-electron chi connectivity index (χ4n) is 11.4. The molecule has 0 aromatic heterocycles. The zero-order valence-electron chi connectivity index (χ0n) is 54.4. The molecule has 4 aromatic rings. The van der Waals surface area contributed by atoms with E-state index in [1.807, 2.05) is 64.1 Å². The summed E-state index contributed by atoms with van der Waals surface area (Å²) in [4.78, 5) is 145. The molecular weight excluding hydrogens is 1160 g/mol. The Bertz CT molecular complexity index is 3220. The first-order chi connectivity index (χ1) is 43.4. The molecular formula is C70H91N7O14. The molecule has 6 rings (SSSR count). The quantitative estimate of drug-likeness (QED) is 0.0245. The second-order valence-electron chi connectivity index (χ2n) is 24.6. The van der Waals surface area contributed by atoms with Crippen LogP contribution in [0.5, 0.6) is 11.5 Å². The molecule has 6 atom stereocenters. The molecule has 0 radical (unpaired) electrons. The molecule has 21 heteroatoms. The third kappa shape index (κ3) is 19.8. The Labute approximate surface area is 534 Å². The van der Waals surface area contributed by atoms with Crippen molar-refractivity contribution in [2.24, 2.45) is 11.3 Å². The van der Waals surface area contributed by atoms with Gasteiger partial charge in [0.2, 0.25) is 41.2 Å². The lowest BCUT2D eigenvalue weighted by Crippen LogP contribution is -2.58. The molecule has 2 aliphatic heterocycles. The Kier molecular flexibility index (Phi) is 26.4. The molecule has 2 fully saturated rings. The number of ketones is 1. The van der Waals surface area contributed by atoms with Crippen molar-refractivity contribution in [1.82, 2.24) is 30.2 Å². The van der Waals surface area contributed by atoms with E-state index in [0.717, 1.165) is 29.2 Å². The highest BCUT2D eigenvalue weighted by atomic mass is 16.5. The third-order valence-electron chi connectivity index (χ3n) is 16.5. The number of nitrogens with zero attached hydrogens (tertiary/aromatic N) is 4. The van der Waals surface area contributed by atoms with Gasteiger partial charge in [-0.25, -0.2) is 9.59 Å². The van der Waals surface area contributed by atoms with Crippen LogP contribution >= 0.6 is 0 Å². The highest BCUT2D eigenvalue weighted by molar-refractivity contribution is 6.38. The van der Waals surface area contributed by atoms with Crippen molar-refractivity contribution < 1.29 is 66.9 Å². The van der Waals surface area contributed by atoms with Crippen molar-refractivity contribution in [3.8, 4) is 11.5 Å². The number of esters is 2. The number of benzene rings is 4. The summed E-state index contributed by atoms with van der Waals surface area (Å²) in [5, 5.41) is 8.59. The fraction of sp³-hybridized carbons (Fsp3) is 0.486. The molecule has 490 valence electrons. The zero-order chi connectivity index (χ0) is 66.5. The predicted octanol–water partition coefficient (Wildman–Crippen LogP) is 7.97. The minimum absolute atomic E-state index is 0.0619. The Morgan fingerprint density at radius 1 is 0.747 bits per heavy atom. The summed E-state index contributed by atoms with van der Waals surface area (Å²) in [6, 6.07) is 22.9. The third-order valence-corrected chi connectivity index (χ3v) is 16.5. The number of hydrogen-bond acceptors (Lipinski definition) is 14. The molecule has 2 aliphatic rings. The van der Waals surface area contributed by atoms with Crippen LogP contribution in [0, 0.1) is 18.3 Å². The highest BCUT2D eigenvalue weighted by Gasteiger charge is 2.44. The van der Waals surface area contributed by atoms with E-state index in [1.54, 1.807) is 79.7 Å². The average molecular weight is 1250 g/mol. The van der Waals surface area contributed by atoms with Crippen LogP contribution < -0.4 is 25.4 Å². The topological polar surface area (TPSA) is 257 Å². The number of ether oxygens (including phenoxy) is 4. The molecule has 0 bridgehead atoms. The van der Waals surface area contributed by atoms with E-state index in [9.17, 15) is 47.9 Å². The lowest BCUT2D eigenvalue weighted by atomic mass is 9.87. The smallest absolute Gasteiger partial charge is 0.330 e. The standard InChI is InChI=1S/C70H91N7O14/c1-12-37-74(8)66(84)55(40-45(3)4)75(9)67(85)53-26-20-39-76(53)65(83)52(41-47-29-27-46(5)28-30-47)72-64(82)62(49-21-15-14-16-22-49)73-60(79)36-35-59(78)71-51-24-19-23-50(43-51)56(33-31-48-32-34-57(88-10)58(42-48)89-11)91-69(87)54-25-17-18-38-77(54)68(86)63(81)70(6,7)44-90-61(80)13-2/h13-16,19,21-24,27-30,32,34,42-43,45,52-56,62H,2,12,17-18,20,25-26,31,33,35-41,44H2,1,3-11H3,(H,71,78)(H,72,82)(H,73,79)/t52-,53-,54?,55-,56+,62-/m0/s1. The number of carbonyl (C=O) groups is 10. The van der Waals surface area contributed by atoms with Gasteiger partial charge in [-0.1, -0.05) is 106 Å². The molecule has 91 heavy (non-hydrogen) atoms. The van der Waals surface area contributed by atoms with Gasteiger partial charge in [-0.3, -0.25) is 38.4 Å². The van der Waals surface area contributed by atoms with E-state index < -0.39 is 89.0 Å². The number of aryl methyl sites for hydroxylation is 2. The van der Waals surface area contributed by atoms with Crippen molar-refractivity contribution >= 4 is 64.8 Å². The van der Waals surface area contributed by atoms with Gasteiger partial charge in [0.25, 0.3) is 5.91 Å². The first-order valence-electron chi connectivity index (χ1n) is 31.4. The van der Waals surface area contributed by atoms with Crippen molar-refractivity contribution in [3.63, 3.8) is 0 Å². The van der Waals surface area contributed by atoms with Crippen LogP contribution in [0.1, 0.15) is 139 Å². The predicted molar refractivity (Wildman–Crippen MR) is 343 cm³/mol. The molecule has 2 saturated heterocycles. The Balaban J connectivity index is 1.18. The van der Waals surface area contributed by atoms with Gasteiger partial charge < -0.3 is 54.5 Å². The zero-order valence-corrected chi connectivity index (χ0v) is 54.4. The molecule has 0 aliphatic carbocycles. The van der Waals surface area contributed by atoms with Crippen LogP contribution in [0.15, 0.2) is 110 Å². The highest BCUT2D eigenvalue weighted by Crippen LogP contribution is 2.33. The molecule has 7 amide bonds. The molecule has 1 unspecified atom stereocenters. The van der Waals surface area contributed by atoms with Crippen molar-refractivity contribution in [2.45, 2.75) is 155 Å². The Morgan fingerprint density at radius 3 is 2.08 bits per heavy atom. The molecule has 4 aromatic carbocycles. The molecule has 0 saturated carbocycles. The lowest BCUT2D eigenvalue weighted by molar-refractivity contribution is -0.165. The van der Waals surface area contributed by atoms with Crippen LogP contribution in [-0.2, 0) is 70.3 Å². The molecule has 21 nitrogen and oxygen atoms in total. The summed E-state index contributed by atoms with van der Waals surface area (Å²) >= 11 is 0. The maximum absolute atomic E-state index is 15.0. The Morgan fingerprint density at radius 2 is 1.41 bits per heavy atom.